The molecule has 0 bridgehead atoms. The quantitative estimate of drug-likeness (QED) is 0.573. The lowest BCUT2D eigenvalue weighted by molar-refractivity contribution is 0.104. The zero-order chi connectivity index (χ0) is 13.1. The molecule has 0 fully saturated rings. The van der Waals surface area contributed by atoms with E-state index in [9.17, 15) is 4.79 Å². The summed E-state index contributed by atoms with van der Waals surface area (Å²) < 4.78 is 1.05. The maximum absolute atomic E-state index is 12.0. The maximum atomic E-state index is 12.0. The molecule has 3 heteroatoms. The van der Waals surface area contributed by atoms with Crippen LogP contribution in [0.2, 0.25) is 0 Å². The minimum atomic E-state index is 0.0441. The van der Waals surface area contributed by atoms with Gasteiger partial charge in [0.2, 0.25) is 0 Å². The smallest absolute Gasteiger partial charge is 0.185 e. The molecular weight excluding hydrogens is 308 g/mol. The molecule has 0 amide bonds. The number of carbonyl (C=O) groups excluding carboxylic acids is 1. The summed E-state index contributed by atoms with van der Waals surface area (Å²) in [7, 11) is 0. The van der Waals surface area contributed by atoms with E-state index in [-0.39, 0.29) is 5.78 Å². The van der Waals surface area contributed by atoms with Crippen molar-refractivity contribution in [2.24, 2.45) is 0 Å². The molecule has 0 unspecified atom stereocenters. The average molecular weight is 321 g/mol. The molecule has 18 heavy (non-hydrogen) atoms. The van der Waals surface area contributed by atoms with Crippen molar-refractivity contribution in [3.05, 3.63) is 61.8 Å². The Hall–Kier alpha value is -1.19. The third-order valence-electron chi connectivity index (χ3n) is 2.78. The van der Waals surface area contributed by atoms with E-state index in [1.165, 1.54) is 5.56 Å². The van der Waals surface area contributed by atoms with Gasteiger partial charge in [0.05, 0.1) is 0 Å². The number of ketones is 1. The van der Waals surface area contributed by atoms with Gasteiger partial charge in [-0.15, -0.1) is 11.3 Å². The first kappa shape index (κ1) is 13.2. The Morgan fingerprint density at radius 2 is 2.00 bits per heavy atom. The van der Waals surface area contributed by atoms with Crippen molar-refractivity contribution in [2.75, 3.05) is 0 Å². The van der Waals surface area contributed by atoms with E-state index >= 15 is 0 Å². The van der Waals surface area contributed by atoms with E-state index in [1.807, 2.05) is 49.6 Å². The van der Waals surface area contributed by atoms with Gasteiger partial charge in [0.25, 0.3) is 0 Å². The van der Waals surface area contributed by atoms with Crippen LogP contribution in [0.3, 0.4) is 0 Å². The lowest BCUT2D eigenvalue weighted by atomic mass is 10.0. The van der Waals surface area contributed by atoms with Gasteiger partial charge in [-0.2, -0.15) is 0 Å². The van der Waals surface area contributed by atoms with E-state index < -0.39 is 0 Å². The van der Waals surface area contributed by atoms with E-state index in [2.05, 4.69) is 15.9 Å². The minimum Gasteiger partial charge on any atom is -0.289 e. The molecule has 0 saturated carbocycles. The number of halogens is 1. The Labute approximate surface area is 119 Å². The molecule has 0 aliphatic rings. The highest BCUT2D eigenvalue weighted by Crippen LogP contribution is 2.21. The lowest BCUT2D eigenvalue weighted by Gasteiger charge is -2.01. The van der Waals surface area contributed by atoms with Crippen LogP contribution in [0.4, 0.5) is 0 Å². The van der Waals surface area contributed by atoms with Gasteiger partial charge in [-0.05, 0) is 65.2 Å². The molecule has 1 nitrogen and oxygen atoms in total. The van der Waals surface area contributed by atoms with Crippen LogP contribution in [-0.4, -0.2) is 5.78 Å². The van der Waals surface area contributed by atoms with Crippen molar-refractivity contribution in [3.63, 3.8) is 0 Å². The van der Waals surface area contributed by atoms with Gasteiger partial charge < -0.3 is 0 Å². The number of aryl methyl sites for hydroxylation is 2. The standard InChI is InChI=1S/C15H13BrOS/c1-10-3-4-12(7-11(10)2)15(17)6-5-14-8-13(16)9-18-14/h3-9H,1-2H3. The second kappa shape index (κ2) is 5.63. The van der Waals surface area contributed by atoms with Gasteiger partial charge >= 0.3 is 0 Å². The van der Waals surface area contributed by atoms with Gasteiger partial charge in [0.1, 0.15) is 0 Å². The summed E-state index contributed by atoms with van der Waals surface area (Å²) in [5.74, 6) is 0.0441. The molecule has 0 aliphatic heterocycles. The van der Waals surface area contributed by atoms with Crippen LogP contribution in [0, 0.1) is 13.8 Å². The fourth-order valence-electron chi connectivity index (χ4n) is 1.56. The molecule has 92 valence electrons. The number of allylic oxidation sites excluding steroid dienone is 1. The summed E-state index contributed by atoms with van der Waals surface area (Å²) in [4.78, 5) is 13.1. The topological polar surface area (TPSA) is 17.1 Å². The summed E-state index contributed by atoms with van der Waals surface area (Å²) in [6, 6.07) is 7.79. The second-order valence-corrected chi connectivity index (χ2v) is 6.02. The van der Waals surface area contributed by atoms with E-state index in [0.29, 0.717) is 0 Å². The molecule has 1 aromatic heterocycles. The van der Waals surface area contributed by atoms with Gasteiger partial charge in [-0.25, -0.2) is 0 Å². The van der Waals surface area contributed by atoms with Crippen molar-refractivity contribution < 1.29 is 4.79 Å². The van der Waals surface area contributed by atoms with Crippen molar-refractivity contribution in [1.29, 1.82) is 0 Å². The van der Waals surface area contributed by atoms with Crippen LogP contribution in [-0.2, 0) is 0 Å². The highest BCUT2D eigenvalue weighted by atomic mass is 79.9. The average Bonchev–Trinajstić information content (AvgIpc) is 2.75. The molecule has 0 aliphatic carbocycles. The van der Waals surface area contributed by atoms with Crippen LogP contribution in [0.25, 0.3) is 6.08 Å². The highest BCUT2D eigenvalue weighted by molar-refractivity contribution is 9.10. The van der Waals surface area contributed by atoms with Gasteiger partial charge in [-0.3, -0.25) is 4.79 Å². The van der Waals surface area contributed by atoms with Crippen molar-refractivity contribution in [3.8, 4) is 0 Å². The molecule has 0 spiro atoms. The zero-order valence-electron chi connectivity index (χ0n) is 10.2. The highest BCUT2D eigenvalue weighted by Gasteiger charge is 2.03. The lowest BCUT2D eigenvalue weighted by Crippen LogP contribution is -1.95. The zero-order valence-corrected chi connectivity index (χ0v) is 12.6. The first-order chi connectivity index (χ1) is 8.56. The monoisotopic (exact) mass is 320 g/mol. The fraction of sp³-hybridized carbons (Fsp3) is 0.133. The summed E-state index contributed by atoms with van der Waals surface area (Å²) in [5, 5.41) is 2.00. The van der Waals surface area contributed by atoms with Crippen molar-refractivity contribution in [2.45, 2.75) is 13.8 Å². The normalized spacial score (nSPS) is 11.1. The Kier molecular flexibility index (Phi) is 4.15. The third-order valence-corrected chi connectivity index (χ3v) is 4.44. The van der Waals surface area contributed by atoms with Crippen LogP contribution < -0.4 is 0 Å². The van der Waals surface area contributed by atoms with E-state index in [0.717, 1.165) is 20.5 Å². The molecule has 0 atom stereocenters. The molecule has 1 heterocycles. The first-order valence-corrected chi connectivity index (χ1v) is 7.27. The largest absolute Gasteiger partial charge is 0.289 e. The van der Waals surface area contributed by atoms with E-state index in [4.69, 9.17) is 0 Å². The van der Waals surface area contributed by atoms with Crippen molar-refractivity contribution in [1.82, 2.24) is 0 Å². The molecule has 0 radical (unpaired) electrons. The molecule has 2 rings (SSSR count). The number of rotatable bonds is 3. The van der Waals surface area contributed by atoms with Gasteiger partial charge in [0, 0.05) is 20.3 Å². The Morgan fingerprint density at radius 3 is 2.61 bits per heavy atom. The third kappa shape index (κ3) is 3.18. The van der Waals surface area contributed by atoms with Crippen molar-refractivity contribution >= 4 is 39.1 Å². The van der Waals surface area contributed by atoms with Crippen LogP contribution >= 0.6 is 27.3 Å². The van der Waals surface area contributed by atoms with Crippen LogP contribution in [0.15, 0.2) is 40.2 Å². The first-order valence-electron chi connectivity index (χ1n) is 5.60. The molecule has 0 saturated heterocycles. The predicted octanol–water partition coefficient (Wildman–Crippen LogP) is 5.02. The minimum absolute atomic E-state index is 0.0441. The number of carbonyl (C=O) groups is 1. The van der Waals surface area contributed by atoms with E-state index in [1.54, 1.807) is 17.4 Å². The number of hydrogen-bond acceptors (Lipinski definition) is 2. The SMILES string of the molecule is Cc1ccc(C(=O)C=Cc2cc(Br)cs2)cc1C. The predicted molar refractivity (Wildman–Crippen MR) is 81.3 cm³/mol. The summed E-state index contributed by atoms with van der Waals surface area (Å²) in [6.45, 7) is 4.06. The molecular formula is C15H13BrOS. The van der Waals surface area contributed by atoms with Gasteiger partial charge in [-0.1, -0.05) is 12.1 Å². The summed E-state index contributed by atoms with van der Waals surface area (Å²) in [5.41, 5.74) is 3.09. The number of thiophene rings is 1. The van der Waals surface area contributed by atoms with Crippen LogP contribution in [0.1, 0.15) is 26.4 Å². The van der Waals surface area contributed by atoms with Gasteiger partial charge in [0.15, 0.2) is 5.78 Å². The Balaban J connectivity index is 2.16. The molecule has 2 aromatic rings. The fourth-order valence-corrected chi connectivity index (χ4v) is 2.90. The summed E-state index contributed by atoms with van der Waals surface area (Å²) >= 11 is 5.00. The van der Waals surface area contributed by atoms with Crippen LogP contribution in [0.5, 0.6) is 0 Å². The number of benzene rings is 1. The molecule has 1 aromatic carbocycles. The second-order valence-electron chi connectivity index (χ2n) is 4.16. The number of hydrogen-bond donors (Lipinski definition) is 0. The molecule has 0 N–H and O–H groups in total. The maximum Gasteiger partial charge on any atom is 0.185 e. The summed E-state index contributed by atoms with van der Waals surface area (Å²) in [6.07, 6.45) is 3.48. The Bertz CT molecular complexity index is 611. The Morgan fingerprint density at radius 1 is 1.22 bits per heavy atom.